The third-order valence-electron chi connectivity index (χ3n) is 0.725. The van der Waals surface area contributed by atoms with Gasteiger partial charge in [0.1, 0.15) is 4.75 Å². The molecule has 0 saturated heterocycles. The van der Waals surface area contributed by atoms with Crippen LogP contribution >= 0.6 is 0 Å². The molecular weight excluding hydrogens is 150 g/mol. The standard InChI is InChI=1S/C5H13NOSSi/c1-5(2,3)8(7)6-9-4/h9H,1-4H3/b9-6+. The minimum absolute atomic E-state index is 0.0240. The van der Waals surface area contributed by atoms with Gasteiger partial charge in [0.15, 0.2) is 9.31 Å². The van der Waals surface area contributed by atoms with E-state index in [1.165, 1.54) is 0 Å². The third kappa shape index (κ3) is 3.83. The molecule has 0 amide bonds. The highest BCUT2D eigenvalue weighted by Gasteiger charge is 2.24. The SMILES string of the molecule is C/[SiH]=N/[S+]([O-])C(C)(C)C. The summed E-state index contributed by atoms with van der Waals surface area (Å²) in [6.07, 6.45) is 0. The molecule has 0 aliphatic rings. The van der Waals surface area contributed by atoms with E-state index in [0.29, 0.717) is 0 Å². The lowest BCUT2D eigenvalue weighted by Crippen LogP contribution is -2.25. The van der Waals surface area contributed by atoms with Crippen molar-refractivity contribution in [3.8, 4) is 0 Å². The molecule has 0 aromatic carbocycles. The Kier molecular flexibility index (Phi) is 3.61. The molecule has 0 aliphatic carbocycles. The predicted octanol–water partition coefficient (Wildman–Crippen LogP) is 1.12. The van der Waals surface area contributed by atoms with Crippen molar-refractivity contribution >= 4 is 20.7 Å². The smallest absolute Gasteiger partial charge is 0.176 e. The van der Waals surface area contributed by atoms with Crippen LogP contribution in [0.4, 0.5) is 0 Å². The normalized spacial score (nSPS) is 16.6. The maximum Gasteiger partial charge on any atom is 0.176 e. The average Bonchev–Trinajstić information content (AvgIpc) is 1.64. The molecule has 0 aromatic rings. The molecule has 0 rings (SSSR count). The summed E-state index contributed by atoms with van der Waals surface area (Å²) < 4.78 is 14.8. The largest absolute Gasteiger partial charge is 0.592 e. The lowest BCUT2D eigenvalue weighted by Gasteiger charge is -2.18. The van der Waals surface area contributed by atoms with E-state index in [2.05, 4.69) is 4.04 Å². The van der Waals surface area contributed by atoms with Gasteiger partial charge in [-0.05, 0) is 27.3 Å². The van der Waals surface area contributed by atoms with Gasteiger partial charge in [-0.1, -0.05) is 0 Å². The van der Waals surface area contributed by atoms with Crippen LogP contribution in [0, 0.1) is 0 Å². The Morgan fingerprint density at radius 1 is 1.44 bits per heavy atom. The fourth-order valence-corrected chi connectivity index (χ4v) is 2.28. The van der Waals surface area contributed by atoms with Crippen LogP contribution in [-0.2, 0) is 11.4 Å². The minimum Gasteiger partial charge on any atom is -0.592 e. The summed E-state index contributed by atoms with van der Waals surface area (Å²) in [5.74, 6) is 0. The molecule has 1 atom stereocenters. The number of rotatable bonds is 1. The molecule has 54 valence electrons. The number of nitrogens with zero attached hydrogens (tertiary/aromatic N) is 1. The van der Waals surface area contributed by atoms with Crippen LogP contribution in [-0.4, -0.2) is 18.6 Å². The summed E-state index contributed by atoms with van der Waals surface area (Å²) in [6.45, 7) is 7.77. The van der Waals surface area contributed by atoms with Crippen LogP contribution in [0.2, 0.25) is 6.55 Å². The molecule has 0 bridgehead atoms. The van der Waals surface area contributed by atoms with Gasteiger partial charge in [-0.25, -0.2) is 0 Å². The van der Waals surface area contributed by atoms with Crippen LogP contribution < -0.4 is 0 Å². The highest BCUT2D eigenvalue weighted by molar-refractivity contribution is 7.91. The van der Waals surface area contributed by atoms with Crippen molar-refractivity contribution in [1.29, 1.82) is 0 Å². The second-order valence-corrected chi connectivity index (χ2v) is 5.81. The quantitative estimate of drug-likeness (QED) is 0.421. The maximum absolute atomic E-state index is 11.0. The fraction of sp³-hybridized carbons (Fsp3) is 1.00. The maximum atomic E-state index is 11.0. The molecule has 0 spiro atoms. The van der Waals surface area contributed by atoms with E-state index in [1.807, 2.05) is 27.3 Å². The van der Waals surface area contributed by atoms with Gasteiger partial charge in [0.25, 0.3) is 0 Å². The molecule has 0 aromatic heterocycles. The van der Waals surface area contributed by atoms with Gasteiger partial charge in [-0.2, -0.15) is 0 Å². The van der Waals surface area contributed by atoms with Gasteiger partial charge < -0.3 is 4.55 Å². The highest BCUT2D eigenvalue weighted by atomic mass is 32.2. The number of hydrogen-bond acceptors (Lipinski definition) is 2. The third-order valence-corrected chi connectivity index (χ3v) is 3.38. The molecule has 2 nitrogen and oxygen atoms in total. The molecule has 4 heteroatoms. The van der Waals surface area contributed by atoms with Crippen molar-refractivity contribution in [2.75, 3.05) is 0 Å². The Bertz CT molecular complexity index is 110. The Morgan fingerprint density at radius 3 is 2.00 bits per heavy atom. The van der Waals surface area contributed by atoms with Gasteiger partial charge in [0.2, 0.25) is 0 Å². The van der Waals surface area contributed by atoms with E-state index in [-0.39, 0.29) is 14.1 Å². The first-order valence-corrected chi connectivity index (χ1v) is 5.67. The molecule has 0 N–H and O–H groups in total. The Labute approximate surface area is 61.9 Å². The van der Waals surface area contributed by atoms with Gasteiger partial charge in [-0.3, -0.25) is 0 Å². The zero-order valence-electron chi connectivity index (χ0n) is 6.34. The fourth-order valence-electron chi connectivity index (χ4n) is 0.254. The number of hydrogen-bond donors (Lipinski definition) is 0. The Morgan fingerprint density at radius 2 is 1.89 bits per heavy atom. The van der Waals surface area contributed by atoms with Crippen LogP contribution in [0.15, 0.2) is 4.04 Å². The van der Waals surface area contributed by atoms with E-state index in [1.54, 1.807) is 0 Å². The van der Waals surface area contributed by atoms with E-state index in [9.17, 15) is 4.55 Å². The molecule has 0 fully saturated rings. The van der Waals surface area contributed by atoms with Crippen molar-refractivity contribution in [3.05, 3.63) is 0 Å². The topological polar surface area (TPSA) is 35.4 Å². The summed E-state index contributed by atoms with van der Waals surface area (Å²) in [5, 5.41) is 0. The van der Waals surface area contributed by atoms with Gasteiger partial charge >= 0.3 is 0 Å². The van der Waals surface area contributed by atoms with Gasteiger partial charge in [-0.15, -0.1) is 4.04 Å². The van der Waals surface area contributed by atoms with Gasteiger partial charge in [0.05, 0.1) is 11.4 Å². The van der Waals surface area contributed by atoms with E-state index in [0.717, 1.165) is 0 Å². The van der Waals surface area contributed by atoms with E-state index < -0.39 is 11.4 Å². The second kappa shape index (κ2) is 3.48. The first-order chi connectivity index (χ1) is 3.98. The molecule has 0 radical (unpaired) electrons. The molecule has 1 unspecified atom stereocenters. The summed E-state index contributed by atoms with van der Waals surface area (Å²) in [7, 11) is 0.0240. The van der Waals surface area contributed by atoms with Crippen LogP contribution in [0.1, 0.15) is 20.8 Å². The molecule has 0 aliphatic heterocycles. The lowest BCUT2D eigenvalue weighted by molar-refractivity contribution is 0.562. The van der Waals surface area contributed by atoms with Crippen LogP contribution in [0.5, 0.6) is 0 Å². The summed E-state index contributed by atoms with van der Waals surface area (Å²) in [6, 6.07) is 0. The zero-order valence-corrected chi connectivity index (χ0v) is 8.31. The summed E-state index contributed by atoms with van der Waals surface area (Å²) in [5.41, 5.74) is 0. The van der Waals surface area contributed by atoms with Crippen molar-refractivity contribution in [1.82, 2.24) is 0 Å². The Hall–Kier alpha value is 0.327. The van der Waals surface area contributed by atoms with Gasteiger partial charge in [0, 0.05) is 0 Å². The zero-order chi connectivity index (χ0) is 7.49. The first kappa shape index (κ1) is 9.33. The van der Waals surface area contributed by atoms with Crippen LogP contribution in [0.3, 0.4) is 0 Å². The van der Waals surface area contributed by atoms with Crippen molar-refractivity contribution in [2.24, 2.45) is 4.04 Å². The average molecular weight is 163 g/mol. The Balaban J connectivity index is 3.88. The highest BCUT2D eigenvalue weighted by Crippen LogP contribution is 2.15. The lowest BCUT2D eigenvalue weighted by atomic mass is 10.3. The van der Waals surface area contributed by atoms with Crippen molar-refractivity contribution in [2.45, 2.75) is 32.1 Å². The summed E-state index contributed by atoms with van der Waals surface area (Å²) in [4.78, 5) is 0. The van der Waals surface area contributed by atoms with E-state index >= 15 is 0 Å². The van der Waals surface area contributed by atoms with Crippen molar-refractivity contribution in [3.63, 3.8) is 0 Å². The summed E-state index contributed by atoms with van der Waals surface area (Å²) >= 11 is -0.975. The first-order valence-electron chi connectivity index (χ1n) is 2.89. The monoisotopic (exact) mass is 163 g/mol. The predicted molar refractivity (Wildman–Crippen MR) is 43.3 cm³/mol. The van der Waals surface area contributed by atoms with Crippen LogP contribution in [0.25, 0.3) is 0 Å². The molecular formula is C5H13NOSSi. The molecule has 0 heterocycles. The molecule has 0 saturated carbocycles. The molecule has 9 heavy (non-hydrogen) atoms. The second-order valence-electron chi connectivity index (χ2n) is 2.73. The van der Waals surface area contributed by atoms with Crippen molar-refractivity contribution < 1.29 is 4.55 Å². The van der Waals surface area contributed by atoms with E-state index in [4.69, 9.17) is 0 Å². The minimum atomic E-state index is -0.975.